The van der Waals surface area contributed by atoms with Crippen molar-refractivity contribution in [2.75, 3.05) is 11.9 Å². The minimum absolute atomic E-state index is 0.426. The van der Waals surface area contributed by atoms with Gasteiger partial charge in [-0.1, -0.05) is 41.9 Å². The molecule has 0 bridgehead atoms. The summed E-state index contributed by atoms with van der Waals surface area (Å²) in [5.41, 5.74) is 1.83. The molecular weight excluding hydrogens is 276 g/mol. The lowest BCUT2D eigenvalue weighted by atomic mass is 9.99. The van der Waals surface area contributed by atoms with Crippen LogP contribution in [0.2, 0.25) is 0 Å². The zero-order chi connectivity index (χ0) is 12.3. The third-order valence-electron chi connectivity index (χ3n) is 3.85. The van der Waals surface area contributed by atoms with Crippen molar-refractivity contribution in [1.29, 1.82) is 0 Å². The quantitative estimate of drug-likeness (QED) is 0.688. The summed E-state index contributed by atoms with van der Waals surface area (Å²) in [7, 11) is 0. The Hall–Kier alpha value is -0.500. The molecule has 0 spiro atoms. The third-order valence-corrected chi connectivity index (χ3v) is 5.04. The summed E-state index contributed by atoms with van der Waals surface area (Å²) in [5.74, 6) is 1.64. The molecule has 1 aromatic carbocycles. The fourth-order valence-corrected chi connectivity index (χ4v) is 2.58. The first kappa shape index (κ1) is 12.9. The summed E-state index contributed by atoms with van der Waals surface area (Å²) < 4.78 is 5.86. The van der Waals surface area contributed by atoms with Gasteiger partial charge in [-0.3, -0.25) is 0 Å². The normalized spacial score (nSPS) is 18.8. The molecule has 2 heteroatoms. The summed E-state index contributed by atoms with van der Waals surface area (Å²) in [6.07, 6.45) is 3.78. The Bertz CT molecular complexity index is 354. The van der Waals surface area contributed by atoms with Gasteiger partial charge in [0.2, 0.25) is 0 Å². The Kier molecular flexibility index (Phi) is 4.13. The van der Waals surface area contributed by atoms with Crippen LogP contribution in [0.3, 0.4) is 0 Å². The van der Waals surface area contributed by atoms with Crippen molar-refractivity contribution in [3.05, 3.63) is 29.8 Å². The molecule has 1 aliphatic carbocycles. The van der Waals surface area contributed by atoms with Gasteiger partial charge in [0.1, 0.15) is 5.75 Å². The summed E-state index contributed by atoms with van der Waals surface area (Å²) in [6, 6.07) is 8.59. The Balaban J connectivity index is 1.90. The fourth-order valence-electron chi connectivity index (χ4n) is 1.86. The molecule has 0 amide bonds. The average Bonchev–Trinajstić information content (AvgIpc) is 3.17. The lowest BCUT2D eigenvalue weighted by molar-refractivity contribution is 0.251. The van der Waals surface area contributed by atoms with Crippen molar-refractivity contribution in [2.24, 2.45) is 5.41 Å². The summed E-state index contributed by atoms with van der Waals surface area (Å²) in [5, 5.41) is 1.06. The van der Waals surface area contributed by atoms with Crippen molar-refractivity contribution in [3.8, 4) is 5.75 Å². The van der Waals surface area contributed by atoms with Gasteiger partial charge in [-0.05, 0) is 42.9 Å². The minimum Gasteiger partial charge on any atom is -0.493 e. The molecule has 0 aliphatic heterocycles. The van der Waals surface area contributed by atoms with E-state index in [1.54, 1.807) is 0 Å². The van der Waals surface area contributed by atoms with Gasteiger partial charge >= 0.3 is 0 Å². The highest BCUT2D eigenvalue weighted by atomic mass is 79.9. The largest absolute Gasteiger partial charge is 0.493 e. The van der Waals surface area contributed by atoms with Gasteiger partial charge in [0.25, 0.3) is 0 Å². The molecule has 1 fully saturated rings. The smallest absolute Gasteiger partial charge is 0.119 e. The van der Waals surface area contributed by atoms with E-state index >= 15 is 0 Å². The van der Waals surface area contributed by atoms with Crippen molar-refractivity contribution in [3.63, 3.8) is 0 Å². The molecule has 1 aromatic rings. The van der Waals surface area contributed by atoms with Gasteiger partial charge in [-0.15, -0.1) is 0 Å². The highest BCUT2D eigenvalue weighted by Crippen LogP contribution is 2.47. The molecule has 1 unspecified atom stereocenters. The van der Waals surface area contributed by atoms with Crippen LogP contribution in [0.1, 0.15) is 44.6 Å². The van der Waals surface area contributed by atoms with Gasteiger partial charge in [0.15, 0.2) is 0 Å². The van der Waals surface area contributed by atoms with E-state index in [2.05, 4.69) is 54.0 Å². The van der Waals surface area contributed by atoms with Gasteiger partial charge in [0.05, 0.1) is 6.61 Å². The third kappa shape index (κ3) is 3.25. The molecule has 17 heavy (non-hydrogen) atoms. The SMILES string of the molecule is CCC(C)c1ccc(OCC2(CBr)CC2)cc1. The highest BCUT2D eigenvalue weighted by molar-refractivity contribution is 9.09. The van der Waals surface area contributed by atoms with Crippen molar-refractivity contribution >= 4 is 15.9 Å². The number of benzene rings is 1. The van der Waals surface area contributed by atoms with E-state index in [1.807, 2.05) is 0 Å². The predicted molar refractivity (Wildman–Crippen MR) is 76.1 cm³/mol. The van der Waals surface area contributed by atoms with Gasteiger partial charge in [-0.2, -0.15) is 0 Å². The van der Waals surface area contributed by atoms with Crippen LogP contribution >= 0.6 is 15.9 Å². The zero-order valence-electron chi connectivity index (χ0n) is 10.7. The summed E-state index contributed by atoms with van der Waals surface area (Å²) in [4.78, 5) is 0. The number of halogens is 1. The number of rotatable bonds is 6. The van der Waals surface area contributed by atoms with Gasteiger partial charge in [0, 0.05) is 10.7 Å². The number of alkyl halides is 1. The van der Waals surface area contributed by atoms with E-state index in [0.717, 1.165) is 17.7 Å². The molecule has 1 saturated carbocycles. The highest BCUT2D eigenvalue weighted by Gasteiger charge is 2.42. The lowest BCUT2D eigenvalue weighted by Crippen LogP contribution is -2.14. The number of hydrogen-bond acceptors (Lipinski definition) is 1. The first-order valence-electron chi connectivity index (χ1n) is 6.48. The molecule has 0 radical (unpaired) electrons. The molecular formula is C15H21BrO. The minimum atomic E-state index is 0.426. The maximum atomic E-state index is 5.86. The lowest BCUT2D eigenvalue weighted by Gasteiger charge is -2.14. The zero-order valence-corrected chi connectivity index (χ0v) is 12.3. The first-order chi connectivity index (χ1) is 8.19. The molecule has 1 atom stereocenters. The average molecular weight is 297 g/mol. The second-order valence-electron chi connectivity index (χ2n) is 5.30. The fraction of sp³-hybridized carbons (Fsp3) is 0.600. The van der Waals surface area contributed by atoms with E-state index in [-0.39, 0.29) is 0 Å². The van der Waals surface area contributed by atoms with Crippen LogP contribution in [0.15, 0.2) is 24.3 Å². The van der Waals surface area contributed by atoms with E-state index in [9.17, 15) is 0 Å². The van der Waals surface area contributed by atoms with E-state index < -0.39 is 0 Å². The molecule has 94 valence electrons. The van der Waals surface area contributed by atoms with Crippen LogP contribution in [0.25, 0.3) is 0 Å². The second-order valence-corrected chi connectivity index (χ2v) is 5.86. The van der Waals surface area contributed by atoms with Crippen LogP contribution < -0.4 is 4.74 Å². The van der Waals surface area contributed by atoms with Crippen LogP contribution in [0.5, 0.6) is 5.75 Å². The Morgan fingerprint density at radius 2 is 1.94 bits per heavy atom. The molecule has 2 rings (SSSR count). The van der Waals surface area contributed by atoms with Crippen molar-refractivity contribution in [2.45, 2.75) is 39.0 Å². The molecule has 1 aliphatic rings. The van der Waals surface area contributed by atoms with E-state index in [0.29, 0.717) is 11.3 Å². The van der Waals surface area contributed by atoms with Crippen LogP contribution in [-0.2, 0) is 0 Å². The Morgan fingerprint density at radius 1 is 1.29 bits per heavy atom. The Morgan fingerprint density at radius 3 is 2.41 bits per heavy atom. The maximum Gasteiger partial charge on any atom is 0.119 e. The molecule has 0 saturated heterocycles. The molecule has 1 nitrogen and oxygen atoms in total. The van der Waals surface area contributed by atoms with Crippen molar-refractivity contribution in [1.82, 2.24) is 0 Å². The van der Waals surface area contributed by atoms with Gasteiger partial charge in [-0.25, -0.2) is 0 Å². The first-order valence-corrected chi connectivity index (χ1v) is 7.60. The number of ether oxygens (including phenoxy) is 1. The number of hydrogen-bond donors (Lipinski definition) is 0. The summed E-state index contributed by atoms with van der Waals surface area (Å²) >= 11 is 3.57. The Labute approximate surface area is 113 Å². The monoisotopic (exact) mass is 296 g/mol. The maximum absolute atomic E-state index is 5.86. The van der Waals surface area contributed by atoms with E-state index in [1.165, 1.54) is 24.8 Å². The van der Waals surface area contributed by atoms with E-state index in [4.69, 9.17) is 4.74 Å². The van der Waals surface area contributed by atoms with Crippen molar-refractivity contribution < 1.29 is 4.74 Å². The molecule has 0 aromatic heterocycles. The molecule has 0 N–H and O–H groups in total. The second kappa shape index (κ2) is 5.43. The summed E-state index contributed by atoms with van der Waals surface area (Å²) in [6.45, 7) is 5.34. The van der Waals surface area contributed by atoms with Crippen LogP contribution in [-0.4, -0.2) is 11.9 Å². The van der Waals surface area contributed by atoms with Gasteiger partial charge < -0.3 is 4.74 Å². The topological polar surface area (TPSA) is 9.23 Å². The van der Waals surface area contributed by atoms with Crippen LogP contribution in [0, 0.1) is 5.41 Å². The van der Waals surface area contributed by atoms with Crippen LogP contribution in [0.4, 0.5) is 0 Å². The predicted octanol–water partition coefficient (Wildman–Crippen LogP) is 4.75. The molecule has 0 heterocycles. The standard InChI is InChI=1S/C15H21BrO/c1-3-12(2)13-4-6-14(7-5-13)17-11-15(10-16)8-9-15/h4-7,12H,3,8-11H2,1-2H3.